The number of aryl methyl sites for hydroxylation is 2. The zero-order chi connectivity index (χ0) is 34.1. The summed E-state index contributed by atoms with van der Waals surface area (Å²) >= 11 is 0. The van der Waals surface area contributed by atoms with Crippen LogP contribution in [-0.4, -0.2) is 0 Å². The number of hydrogen-bond acceptors (Lipinski definition) is 0. The fourth-order valence-electron chi connectivity index (χ4n) is 3.87. The topological polar surface area (TPSA) is 0 Å². The van der Waals surface area contributed by atoms with E-state index in [4.69, 9.17) is 0 Å². The smallest absolute Gasteiger partial charge is 0.0155 e. The molecular formula is C43H68. The number of benzene rings is 3. The maximum absolute atomic E-state index is 3.00. The molecule has 0 atom stereocenters. The first-order chi connectivity index (χ1) is 20.8. The molecule has 0 heteroatoms. The summed E-state index contributed by atoms with van der Waals surface area (Å²) in [6.07, 6.45) is 10.2. The molecule has 0 spiro atoms. The monoisotopic (exact) mass is 585 g/mol. The first kappa shape index (κ1) is 46.6. The fourth-order valence-corrected chi connectivity index (χ4v) is 3.87. The Morgan fingerprint density at radius 3 is 1.53 bits per heavy atom. The quantitative estimate of drug-likeness (QED) is 0.200. The Balaban J connectivity index is -0.000000238. The highest BCUT2D eigenvalue weighted by Gasteiger charge is 1.98. The van der Waals surface area contributed by atoms with E-state index in [-0.39, 0.29) is 0 Å². The molecule has 0 aromatic heterocycles. The Morgan fingerprint density at radius 2 is 1.12 bits per heavy atom. The zero-order valence-corrected chi connectivity index (χ0v) is 30.8. The van der Waals surface area contributed by atoms with Crippen molar-refractivity contribution in [2.75, 3.05) is 0 Å². The third kappa shape index (κ3) is 23.8. The summed E-state index contributed by atoms with van der Waals surface area (Å²) in [5.41, 5.74) is 11.0. The third-order valence-electron chi connectivity index (χ3n) is 5.78. The van der Waals surface area contributed by atoms with E-state index in [1.54, 1.807) is 5.57 Å². The van der Waals surface area contributed by atoms with E-state index in [1.807, 2.05) is 47.6 Å². The maximum Gasteiger partial charge on any atom is -0.0155 e. The average Bonchev–Trinajstić information content (AvgIpc) is 3.06. The predicted octanol–water partition coefficient (Wildman–Crippen LogP) is 15.1. The van der Waals surface area contributed by atoms with Crippen LogP contribution >= 0.6 is 0 Å². The van der Waals surface area contributed by atoms with Gasteiger partial charge in [-0.2, -0.15) is 0 Å². The van der Waals surface area contributed by atoms with Crippen molar-refractivity contribution in [1.82, 2.24) is 0 Å². The lowest BCUT2D eigenvalue weighted by Gasteiger charge is -2.04. The summed E-state index contributed by atoms with van der Waals surface area (Å²) in [5.74, 6) is 0. The van der Waals surface area contributed by atoms with Crippen molar-refractivity contribution in [2.45, 2.75) is 116 Å². The molecule has 0 aliphatic heterocycles. The van der Waals surface area contributed by atoms with E-state index in [9.17, 15) is 0 Å². The van der Waals surface area contributed by atoms with E-state index < -0.39 is 0 Å². The Kier molecular flexibility index (Phi) is 37.7. The third-order valence-corrected chi connectivity index (χ3v) is 5.78. The van der Waals surface area contributed by atoms with Crippen LogP contribution in [0.15, 0.2) is 121 Å². The highest BCUT2D eigenvalue weighted by Crippen LogP contribution is 2.22. The predicted molar refractivity (Wildman–Crippen MR) is 205 cm³/mol. The van der Waals surface area contributed by atoms with Crippen molar-refractivity contribution >= 4 is 6.08 Å². The Bertz CT molecular complexity index is 1090. The van der Waals surface area contributed by atoms with Gasteiger partial charge in [0.2, 0.25) is 0 Å². The van der Waals surface area contributed by atoms with Gasteiger partial charge >= 0.3 is 0 Å². The number of hydrogen-bond donors (Lipinski definition) is 0. The normalized spacial score (nSPS) is 9.44. The van der Waals surface area contributed by atoms with Crippen molar-refractivity contribution in [1.29, 1.82) is 0 Å². The molecule has 0 nitrogen and oxygen atoms in total. The van der Waals surface area contributed by atoms with Gasteiger partial charge in [0, 0.05) is 0 Å². The minimum atomic E-state index is 1.16. The van der Waals surface area contributed by atoms with Crippen molar-refractivity contribution in [3.8, 4) is 11.1 Å². The number of allylic oxidation sites excluding steroid dienone is 5. The first-order valence-corrected chi connectivity index (χ1v) is 16.5. The van der Waals surface area contributed by atoms with Crippen molar-refractivity contribution in [3.63, 3.8) is 0 Å². The largest absolute Gasteiger partial charge is 0.106 e. The molecule has 0 amide bonds. The molecule has 43 heavy (non-hydrogen) atoms. The second kappa shape index (κ2) is 34.8. The molecule has 0 N–H and O–H groups in total. The molecule has 0 aliphatic rings. The Morgan fingerprint density at radius 1 is 0.651 bits per heavy atom. The van der Waals surface area contributed by atoms with Crippen molar-refractivity contribution in [2.24, 2.45) is 0 Å². The molecular weight excluding hydrogens is 516 g/mol. The molecule has 0 bridgehead atoms. The summed E-state index contributed by atoms with van der Waals surface area (Å²) < 4.78 is 0. The Labute approximate surface area is 270 Å². The standard InChI is InChI=1S/C13H12.C11H14.C11H20.3C2H6.C2H4/c1-11-7-5-6-10-13(11)12-8-3-2-4-9-12;1-9(2)8-11-7-5-4-6-10(11)3;1-5-8-10(4)11(7-3)9-6-2;4*1-2/h2-10H,1H3;4-8H,1-3H3;6,9H,5,7-8H2,1-4H3;3*1-2H3;1-2H2/b;;9-6-,11-10+;;;;. The van der Waals surface area contributed by atoms with Crippen LogP contribution in [0.25, 0.3) is 17.2 Å². The van der Waals surface area contributed by atoms with E-state index in [0.29, 0.717) is 0 Å². The zero-order valence-electron chi connectivity index (χ0n) is 30.8. The summed E-state index contributed by atoms with van der Waals surface area (Å²) in [6, 6.07) is 27.3. The fraction of sp³-hybridized carbons (Fsp3) is 0.395. The van der Waals surface area contributed by atoms with Crippen LogP contribution in [0.1, 0.15) is 119 Å². The molecule has 0 saturated carbocycles. The summed E-state index contributed by atoms with van der Waals surface area (Å²) in [5, 5.41) is 0. The molecule has 0 aliphatic carbocycles. The van der Waals surface area contributed by atoms with Gasteiger partial charge in [0.05, 0.1) is 0 Å². The molecule has 3 aromatic rings. The summed E-state index contributed by atoms with van der Waals surface area (Å²) in [6.45, 7) is 35.3. The van der Waals surface area contributed by atoms with Crippen LogP contribution in [0, 0.1) is 13.8 Å². The first-order valence-electron chi connectivity index (χ1n) is 16.5. The second-order valence-electron chi connectivity index (χ2n) is 9.17. The van der Waals surface area contributed by atoms with Crippen LogP contribution in [0.2, 0.25) is 0 Å². The van der Waals surface area contributed by atoms with Crippen LogP contribution in [-0.2, 0) is 0 Å². The highest BCUT2D eigenvalue weighted by atomic mass is 14.0. The molecule has 0 heterocycles. The molecule has 240 valence electrons. The van der Waals surface area contributed by atoms with Crippen LogP contribution in [0.3, 0.4) is 0 Å². The van der Waals surface area contributed by atoms with Crippen LogP contribution < -0.4 is 0 Å². The van der Waals surface area contributed by atoms with E-state index in [0.717, 1.165) is 6.42 Å². The van der Waals surface area contributed by atoms with Gasteiger partial charge in [-0.1, -0.05) is 170 Å². The Hall–Kier alpha value is -3.38. The maximum atomic E-state index is 3.00. The van der Waals surface area contributed by atoms with Gasteiger partial charge in [0.25, 0.3) is 0 Å². The summed E-state index contributed by atoms with van der Waals surface area (Å²) in [4.78, 5) is 0. The molecule has 0 radical (unpaired) electrons. The lowest BCUT2D eigenvalue weighted by atomic mass is 10.0. The van der Waals surface area contributed by atoms with Gasteiger partial charge in [0.1, 0.15) is 0 Å². The molecule has 0 unspecified atom stereocenters. The second-order valence-corrected chi connectivity index (χ2v) is 9.17. The van der Waals surface area contributed by atoms with Gasteiger partial charge in [-0.15, -0.1) is 13.2 Å². The number of rotatable bonds is 6. The van der Waals surface area contributed by atoms with E-state index >= 15 is 0 Å². The minimum Gasteiger partial charge on any atom is -0.106 e. The van der Waals surface area contributed by atoms with Crippen molar-refractivity contribution in [3.05, 3.63) is 138 Å². The van der Waals surface area contributed by atoms with Gasteiger partial charge in [-0.25, -0.2) is 0 Å². The van der Waals surface area contributed by atoms with Crippen molar-refractivity contribution < 1.29 is 0 Å². The van der Waals surface area contributed by atoms with E-state index in [2.05, 4.69) is 160 Å². The highest BCUT2D eigenvalue weighted by molar-refractivity contribution is 5.66. The SMILES string of the molecule is C/C=C\C(CC)=C(/C)CCC.C=C.CC.CC.CC.CC(C)=Cc1ccccc1C.Cc1ccccc1-c1ccccc1. The van der Waals surface area contributed by atoms with E-state index in [1.165, 1.54) is 51.8 Å². The molecule has 0 fully saturated rings. The van der Waals surface area contributed by atoms with Gasteiger partial charge < -0.3 is 0 Å². The van der Waals surface area contributed by atoms with Crippen LogP contribution in [0.4, 0.5) is 0 Å². The van der Waals surface area contributed by atoms with Crippen LogP contribution in [0.5, 0.6) is 0 Å². The molecule has 0 saturated heterocycles. The van der Waals surface area contributed by atoms with Gasteiger partial charge in [-0.3, -0.25) is 0 Å². The van der Waals surface area contributed by atoms with Gasteiger partial charge in [0.15, 0.2) is 0 Å². The van der Waals surface area contributed by atoms with Gasteiger partial charge in [-0.05, 0) is 87.8 Å². The molecule has 3 rings (SSSR count). The lowest BCUT2D eigenvalue weighted by molar-refractivity contribution is 0.883. The average molecular weight is 585 g/mol. The lowest BCUT2D eigenvalue weighted by Crippen LogP contribution is -1.83. The molecule has 3 aromatic carbocycles. The minimum absolute atomic E-state index is 1.16. The summed E-state index contributed by atoms with van der Waals surface area (Å²) in [7, 11) is 0.